The van der Waals surface area contributed by atoms with Crippen molar-refractivity contribution >= 4 is 17.8 Å². The van der Waals surface area contributed by atoms with Gasteiger partial charge in [-0.1, -0.05) is 12.1 Å². The fourth-order valence-electron chi connectivity index (χ4n) is 2.37. The van der Waals surface area contributed by atoms with Crippen molar-refractivity contribution < 1.29 is 0 Å². The monoisotopic (exact) mass is 303 g/mol. The molecule has 1 N–H and O–H groups in total. The fraction of sp³-hybridized carbons (Fsp3) is 0.0625. The summed E-state index contributed by atoms with van der Waals surface area (Å²) in [6, 6.07) is 9.91. The van der Waals surface area contributed by atoms with Crippen molar-refractivity contribution in [1.29, 1.82) is 0 Å². The van der Waals surface area contributed by atoms with Gasteiger partial charge in [-0.2, -0.15) is 5.21 Å². The summed E-state index contributed by atoms with van der Waals surface area (Å²) in [5, 5.41) is 14.1. The summed E-state index contributed by atoms with van der Waals surface area (Å²) in [6.07, 6.45) is 7.72. The summed E-state index contributed by atoms with van der Waals surface area (Å²) >= 11 is 0. The Balaban J connectivity index is 1.72. The van der Waals surface area contributed by atoms with E-state index in [-0.39, 0.29) is 0 Å². The van der Waals surface area contributed by atoms with E-state index in [0.29, 0.717) is 5.82 Å². The highest BCUT2D eigenvalue weighted by molar-refractivity contribution is 5.69. The Morgan fingerprint density at radius 2 is 2.09 bits per heavy atom. The summed E-state index contributed by atoms with van der Waals surface area (Å²) in [7, 11) is 0. The average molecular weight is 303 g/mol. The maximum atomic E-state index is 4.46. The Labute approximate surface area is 131 Å². The van der Waals surface area contributed by atoms with Crippen LogP contribution in [-0.2, 0) is 0 Å². The third kappa shape index (κ3) is 2.59. The molecule has 4 aromatic heterocycles. The van der Waals surface area contributed by atoms with Gasteiger partial charge < -0.3 is 0 Å². The predicted octanol–water partition coefficient (Wildman–Crippen LogP) is 2.39. The largest absolute Gasteiger partial charge is 0.296 e. The Bertz CT molecular complexity index is 983. The Morgan fingerprint density at radius 1 is 1.13 bits per heavy atom. The second kappa shape index (κ2) is 5.45. The van der Waals surface area contributed by atoms with Gasteiger partial charge in [0.15, 0.2) is 0 Å². The molecule has 23 heavy (non-hydrogen) atoms. The number of aromatic amines is 1. The first-order valence-corrected chi connectivity index (χ1v) is 7.12. The van der Waals surface area contributed by atoms with Gasteiger partial charge in [0.25, 0.3) is 0 Å². The number of rotatable bonds is 3. The van der Waals surface area contributed by atoms with E-state index >= 15 is 0 Å². The molecule has 0 radical (unpaired) electrons. The van der Waals surface area contributed by atoms with Crippen LogP contribution < -0.4 is 0 Å². The summed E-state index contributed by atoms with van der Waals surface area (Å²) in [4.78, 5) is 8.81. The van der Waals surface area contributed by atoms with Crippen LogP contribution in [0.15, 0.2) is 42.7 Å². The molecule has 4 heterocycles. The maximum absolute atomic E-state index is 4.46. The minimum atomic E-state index is 0.513. The summed E-state index contributed by atoms with van der Waals surface area (Å²) in [6.45, 7) is 1.98. The molecular formula is C16H13N7. The molecule has 0 bridgehead atoms. The van der Waals surface area contributed by atoms with Crippen molar-refractivity contribution in [3.8, 4) is 11.5 Å². The molecule has 0 aliphatic carbocycles. The molecule has 0 atom stereocenters. The SMILES string of the molecule is Cc1cccc(/C=C\c2ccc3ncc(-c4nn[nH]n4)n3c2)n1. The summed E-state index contributed by atoms with van der Waals surface area (Å²) < 4.78 is 1.94. The smallest absolute Gasteiger partial charge is 0.222 e. The molecule has 0 spiro atoms. The predicted molar refractivity (Wildman–Crippen MR) is 86.3 cm³/mol. The van der Waals surface area contributed by atoms with Crippen LogP contribution in [0.5, 0.6) is 0 Å². The number of aryl methyl sites for hydroxylation is 1. The molecule has 4 rings (SSSR count). The molecule has 7 heteroatoms. The number of H-pyrrole nitrogens is 1. The molecule has 0 amide bonds. The van der Waals surface area contributed by atoms with Gasteiger partial charge in [-0.3, -0.25) is 9.38 Å². The highest BCUT2D eigenvalue weighted by atomic mass is 15.5. The van der Waals surface area contributed by atoms with Crippen LogP contribution in [0.4, 0.5) is 0 Å². The molecule has 7 nitrogen and oxygen atoms in total. The van der Waals surface area contributed by atoms with Gasteiger partial charge in [0.1, 0.15) is 11.3 Å². The third-order valence-electron chi connectivity index (χ3n) is 3.46. The lowest BCUT2D eigenvalue weighted by atomic mass is 10.2. The Morgan fingerprint density at radius 3 is 2.91 bits per heavy atom. The molecule has 0 saturated heterocycles. The molecule has 0 aromatic carbocycles. The maximum Gasteiger partial charge on any atom is 0.222 e. The van der Waals surface area contributed by atoms with Crippen LogP contribution in [0.25, 0.3) is 29.3 Å². The van der Waals surface area contributed by atoms with Crippen molar-refractivity contribution in [2.75, 3.05) is 0 Å². The standard InChI is InChI=1S/C16H13N7/c1-11-3-2-4-13(18-11)7-5-12-6-8-15-17-9-14(23(15)10-12)16-19-21-22-20-16/h2-10H,1H3,(H,19,20,21,22)/b7-5-. The minimum absolute atomic E-state index is 0.513. The van der Waals surface area contributed by atoms with Gasteiger partial charge in [0.05, 0.1) is 11.9 Å². The number of fused-ring (bicyclic) bond motifs is 1. The summed E-state index contributed by atoms with van der Waals surface area (Å²) in [5.74, 6) is 0.513. The van der Waals surface area contributed by atoms with Crippen molar-refractivity contribution in [3.63, 3.8) is 0 Å². The minimum Gasteiger partial charge on any atom is -0.296 e. The molecule has 0 fully saturated rings. The van der Waals surface area contributed by atoms with Gasteiger partial charge in [0, 0.05) is 11.9 Å². The average Bonchev–Trinajstić information content (AvgIpc) is 3.21. The molecular weight excluding hydrogens is 290 g/mol. The summed E-state index contributed by atoms with van der Waals surface area (Å²) in [5.41, 5.74) is 4.57. The molecule has 0 aliphatic heterocycles. The molecule has 4 aromatic rings. The number of aromatic nitrogens is 7. The van der Waals surface area contributed by atoms with Crippen molar-refractivity contribution in [1.82, 2.24) is 35.0 Å². The van der Waals surface area contributed by atoms with E-state index in [1.54, 1.807) is 6.20 Å². The number of hydrogen-bond donors (Lipinski definition) is 1. The van der Waals surface area contributed by atoms with E-state index in [4.69, 9.17) is 0 Å². The van der Waals surface area contributed by atoms with E-state index in [9.17, 15) is 0 Å². The number of pyridine rings is 2. The van der Waals surface area contributed by atoms with Gasteiger partial charge in [0.2, 0.25) is 5.82 Å². The second-order valence-corrected chi connectivity index (χ2v) is 5.11. The van der Waals surface area contributed by atoms with Crippen LogP contribution in [-0.4, -0.2) is 35.0 Å². The second-order valence-electron chi connectivity index (χ2n) is 5.11. The number of tetrazole rings is 1. The van der Waals surface area contributed by atoms with Gasteiger partial charge in [-0.05, 0) is 48.0 Å². The van der Waals surface area contributed by atoms with Crippen molar-refractivity contribution in [3.05, 3.63) is 59.7 Å². The van der Waals surface area contributed by atoms with Crippen LogP contribution in [0.1, 0.15) is 17.0 Å². The lowest BCUT2D eigenvalue weighted by molar-refractivity contribution is 0.881. The van der Waals surface area contributed by atoms with Crippen LogP contribution in [0.3, 0.4) is 0 Å². The van der Waals surface area contributed by atoms with E-state index in [2.05, 4.69) is 30.6 Å². The van der Waals surface area contributed by atoms with E-state index in [1.807, 2.05) is 60.0 Å². The lowest BCUT2D eigenvalue weighted by Crippen LogP contribution is -1.91. The Hall–Kier alpha value is -3.35. The van der Waals surface area contributed by atoms with Crippen LogP contribution >= 0.6 is 0 Å². The lowest BCUT2D eigenvalue weighted by Gasteiger charge is -2.00. The highest BCUT2D eigenvalue weighted by Gasteiger charge is 2.09. The first kappa shape index (κ1) is 13.3. The van der Waals surface area contributed by atoms with Gasteiger partial charge in [-0.15, -0.1) is 10.2 Å². The van der Waals surface area contributed by atoms with E-state index in [1.165, 1.54) is 0 Å². The zero-order valence-electron chi connectivity index (χ0n) is 12.4. The first-order chi connectivity index (χ1) is 11.3. The van der Waals surface area contributed by atoms with Gasteiger partial charge >= 0.3 is 0 Å². The molecule has 0 aliphatic rings. The number of nitrogens with one attached hydrogen (secondary N) is 1. The van der Waals surface area contributed by atoms with Crippen molar-refractivity contribution in [2.45, 2.75) is 6.92 Å². The van der Waals surface area contributed by atoms with Gasteiger partial charge in [-0.25, -0.2) is 4.98 Å². The van der Waals surface area contributed by atoms with Crippen LogP contribution in [0, 0.1) is 6.92 Å². The fourth-order valence-corrected chi connectivity index (χ4v) is 2.37. The third-order valence-corrected chi connectivity index (χ3v) is 3.46. The zero-order chi connectivity index (χ0) is 15.6. The Kier molecular flexibility index (Phi) is 3.16. The highest BCUT2D eigenvalue weighted by Crippen LogP contribution is 2.17. The quantitative estimate of drug-likeness (QED) is 0.628. The topological polar surface area (TPSA) is 84.6 Å². The van der Waals surface area contributed by atoms with Crippen molar-refractivity contribution in [2.24, 2.45) is 0 Å². The molecule has 0 saturated carbocycles. The normalized spacial score (nSPS) is 11.5. The molecule has 0 unspecified atom stereocenters. The van der Waals surface area contributed by atoms with E-state index < -0.39 is 0 Å². The first-order valence-electron chi connectivity index (χ1n) is 7.12. The number of imidazole rings is 1. The zero-order valence-corrected chi connectivity index (χ0v) is 12.4. The number of hydrogen-bond acceptors (Lipinski definition) is 5. The number of nitrogens with zero attached hydrogens (tertiary/aromatic N) is 6. The molecule has 112 valence electrons. The van der Waals surface area contributed by atoms with Crippen LogP contribution in [0.2, 0.25) is 0 Å². The van der Waals surface area contributed by atoms with E-state index in [0.717, 1.165) is 28.3 Å².